The number of nitrogens with zero attached hydrogens (tertiary/aromatic N) is 8. The van der Waals surface area contributed by atoms with Crippen molar-refractivity contribution in [2.24, 2.45) is 0 Å². The van der Waals surface area contributed by atoms with E-state index >= 15 is 0 Å². The molecule has 0 fully saturated rings. The molecule has 66 heavy (non-hydrogen) atoms. The van der Waals surface area contributed by atoms with Gasteiger partial charge in [-0.05, 0) is 82.4 Å². The number of rotatable bonds is 5. The molecule has 0 saturated carbocycles. The van der Waals surface area contributed by atoms with Crippen LogP contribution < -0.4 is 0 Å². The van der Waals surface area contributed by atoms with Crippen LogP contribution in [0.4, 0.5) is 30.2 Å². The number of para-hydroxylation sites is 2. The van der Waals surface area contributed by atoms with Crippen LogP contribution in [0.3, 0.4) is 0 Å². The maximum Gasteiger partial charge on any atom is 0.415 e. The average Bonchev–Trinajstić information content (AvgIpc) is 3.86. The van der Waals surface area contributed by atoms with Gasteiger partial charge in [-0.25, -0.2) is 14.5 Å². The van der Waals surface area contributed by atoms with Crippen molar-refractivity contribution in [2.75, 3.05) is 0 Å². The molecule has 0 aliphatic rings. The highest BCUT2D eigenvalue weighted by atomic mass is 19.4. The quantitative estimate of drug-likeness (QED) is 0.161. The summed E-state index contributed by atoms with van der Waals surface area (Å²) in [7, 11) is 0. The Balaban J connectivity index is 1.38. The third-order valence-electron chi connectivity index (χ3n) is 11.9. The van der Waals surface area contributed by atoms with Gasteiger partial charge in [0.2, 0.25) is 0 Å². The molecule has 11 heteroatoms. The van der Waals surface area contributed by atoms with Crippen molar-refractivity contribution in [1.29, 1.82) is 15.8 Å². The molecule has 2 heterocycles. The molecule has 0 amide bonds. The van der Waals surface area contributed by atoms with E-state index in [2.05, 4.69) is 32.7 Å². The van der Waals surface area contributed by atoms with Crippen molar-refractivity contribution in [1.82, 2.24) is 9.13 Å². The van der Waals surface area contributed by atoms with Gasteiger partial charge in [-0.2, -0.15) is 29.0 Å². The molecule has 8 aromatic carbocycles. The smallest absolute Gasteiger partial charge is 0.309 e. The van der Waals surface area contributed by atoms with Crippen molar-refractivity contribution in [3.63, 3.8) is 0 Å². The third kappa shape index (κ3) is 6.34. The summed E-state index contributed by atoms with van der Waals surface area (Å²) in [6.45, 7) is 23.8. The number of nitriles is 3. The van der Waals surface area contributed by atoms with Crippen molar-refractivity contribution in [3.8, 4) is 63.0 Å². The fourth-order valence-electron chi connectivity index (χ4n) is 9.00. The molecule has 306 valence electrons. The second-order valence-corrected chi connectivity index (χ2v) is 15.4. The van der Waals surface area contributed by atoms with Crippen LogP contribution in [-0.4, -0.2) is 9.13 Å². The van der Waals surface area contributed by atoms with Crippen LogP contribution in [-0.2, 0) is 6.18 Å². The maximum absolute atomic E-state index is 14.4. The van der Waals surface area contributed by atoms with Gasteiger partial charge in [0.1, 0.15) is 0 Å². The summed E-state index contributed by atoms with van der Waals surface area (Å²) >= 11 is 0. The molecule has 0 radical (unpaired) electrons. The predicted octanol–water partition coefficient (Wildman–Crippen LogP) is 15.2. The summed E-state index contributed by atoms with van der Waals surface area (Å²) in [6, 6.07) is 49.5. The van der Waals surface area contributed by atoms with Crippen LogP contribution in [0.1, 0.15) is 22.3 Å². The van der Waals surface area contributed by atoms with Gasteiger partial charge in [0.25, 0.3) is 0 Å². The number of fused-ring (bicyclic) bond motifs is 6. The van der Waals surface area contributed by atoms with Gasteiger partial charge in [0.05, 0.1) is 88.1 Å². The highest BCUT2D eigenvalue weighted by Gasteiger charge is 2.32. The van der Waals surface area contributed by atoms with Crippen LogP contribution in [0.2, 0.25) is 0 Å². The van der Waals surface area contributed by atoms with Crippen LogP contribution in [0, 0.1) is 53.7 Å². The summed E-state index contributed by atoms with van der Waals surface area (Å²) in [4.78, 5) is 10.9. The third-order valence-corrected chi connectivity index (χ3v) is 11.9. The molecule has 8 nitrogen and oxygen atoms in total. The molecular weight excluding hydrogens is 830 g/mol. The van der Waals surface area contributed by atoms with E-state index in [1.165, 1.54) is 18.2 Å². The van der Waals surface area contributed by atoms with E-state index in [0.717, 1.165) is 33.7 Å². The molecule has 0 aliphatic carbocycles. The molecule has 0 bridgehead atoms. The first-order chi connectivity index (χ1) is 32.1. The monoisotopic (exact) mass is 854 g/mol. The first-order valence-electron chi connectivity index (χ1n) is 20.2. The number of alkyl halides is 3. The van der Waals surface area contributed by atoms with Gasteiger partial charge in [0.15, 0.2) is 17.1 Å². The Bertz CT molecular complexity index is 3800. The van der Waals surface area contributed by atoms with E-state index < -0.39 is 11.7 Å². The Labute approximate surface area is 374 Å². The van der Waals surface area contributed by atoms with E-state index in [0.29, 0.717) is 72.5 Å². The lowest BCUT2D eigenvalue weighted by Gasteiger charge is -2.22. The SMILES string of the molecule is [C-]#[N+]c1ccc(-c2ccc3c4ccccc4n(-c4cc(C#N)cc(-n5c6ccccc6c6ccc(-c7ccc(C#N)cc7C#N)cc65)c4-c4ccc(C(F)(F)F)cc4[N+]#[C-])c3c2)c([N+]#[C-])c1. The van der Waals surface area contributed by atoms with E-state index in [4.69, 9.17) is 19.7 Å². The second-order valence-electron chi connectivity index (χ2n) is 15.4. The van der Waals surface area contributed by atoms with Gasteiger partial charge in [-0.15, -0.1) is 0 Å². The van der Waals surface area contributed by atoms with Gasteiger partial charge in [-0.3, -0.25) is 0 Å². The van der Waals surface area contributed by atoms with Crippen LogP contribution in [0.15, 0.2) is 152 Å². The fourth-order valence-corrected chi connectivity index (χ4v) is 9.00. The van der Waals surface area contributed by atoms with Crippen molar-refractivity contribution >= 4 is 60.7 Å². The Kier molecular flexibility index (Phi) is 9.41. The summed E-state index contributed by atoms with van der Waals surface area (Å²) in [6.07, 6.45) is -4.74. The van der Waals surface area contributed by atoms with E-state index in [9.17, 15) is 29.0 Å². The largest absolute Gasteiger partial charge is 0.415 e. The number of hydrogen-bond donors (Lipinski definition) is 0. The number of halogens is 3. The van der Waals surface area contributed by atoms with Gasteiger partial charge in [-0.1, -0.05) is 97.1 Å². The lowest BCUT2D eigenvalue weighted by atomic mass is 9.95. The first-order valence-corrected chi connectivity index (χ1v) is 20.2. The van der Waals surface area contributed by atoms with Gasteiger partial charge in [0, 0.05) is 32.7 Å². The van der Waals surface area contributed by atoms with Gasteiger partial charge < -0.3 is 9.13 Å². The molecule has 0 aliphatic heterocycles. The highest BCUT2D eigenvalue weighted by molar-refractivity contribution is 6.13. The minimum Gasteiger partial charge on any atom is -0.309 e. The zero-order valence-corrected chi connectivity index (χ0v) is 34.1. The summed E-state index contributed by atoms with van der Waals surface area (Å²) in [5.74, 6) is 0. The van der Waals surface area contributed by atoms with E-state index in [1.807, 2.05) is 94.1 Å². The van der Waals surface area contributed by atoms with Gasteiger partial charge >= 0.3 is 6.18 Å². The van der Waals surface area contributed by atoms with Crippen LogP contribution >= 0.6 is 0 Å². The number of hydrogen-bond acceptors (Lipinski definition) is 3. The number of benzene rings is 8. The topological polar surface area (TPSA) is 94.3 Å². The zero-order valence-electron chi connectivity index (χ0n) is 34.1. The molecule has 0 spiro atoms. The minimum absolute atomic E-state index is 0.181. The normalized spacial score (nSPS) is 11.2. The Morgan fingerprint density at radius 1 is 0.455 bits per heavy atom. The predicted molar refractivity (Wildman–Crippen MR) is 249 cm³/mol. The van der Waals surface area contributed by atoms with Crippen molar-refractivity contribution in [3.05, 3.63) is 208 Å². The average molecular weight is 855 g/mol. The molecule has 0 unspecified atom stereocenters. The molecular formula is C55H25F3N8. The molecule has 0 saturated heterocycles. The first kappa shape index (κ1) is 40.2. The fraction of sp³-hybridized carbons (Fsp3) is 0.0182. The Morgan fingerprint density at radius 2 is 0.985 bits per heavy atom. The molecule has 10 rings (SSSR count). The zero-order chi connectivity index (χ0) is 45.9. The highest BCUT2D eigenvalue weighted by Crippen LogP contribution is 2.48. The lowest BCUT2D eigenvalue weighted by Crippen LogP contribution is -2.07. The Hall–Kier alpha value is -9.91. The van der Waals surface area contributed by atoms with Crippen LogP contribution in [0.25, 0.3) is 103 Å². The lowest BCUT2D eigenvalue weighted by molar-refractivity contribution is -0.137. The second kappa shape index (κ2) is 15.5. The standard InChI is InChI=1S/C55H25F3N8/c1-62-38-16-21-40(47(28-38)64-3)35-14-19-44-42-9-5-7-11-49(42)66(51(44)26-35)53-24-33(30-60)23-52(54(53)45-20-15-37(55(56,57)58)27-46(45)63-2)65-48-10-6-4-8-41(48)43-18-13-34(25-50(43)65)39-17-12-32(29-59)22-36(39)31-61/h4-28H. The van der Waals surface area contributed by atoms with E-state index in [1.54, 1.807) is 36.4 Å². The minimum atomic E-state index is -4.74. The molecule has 0 atom stereocenters. The molecule has 10 aromatic rings. The molecule has 0 N–H and O–H groups in total. The summed E-state index contributed by atoms with van der Waals surface area (Å²) in [5, 5.41) is 33.9. The number of aromatic nitrogens is 2. The Morgan fingerprint density at radius 3 is 1.53 bits per heavy atom. The molecule has 2 aromatic heterocycles. The van der Waals surface area contributed by atoms with Crippen LogP contribution in [0.5, 0.6) is 0 Å². The van der Waals surface area contributed by atoms with Crippen molar-refractivity contribution < 1.29 is 13.2 Å². The summed E-state index contributed by atoms with van der Waals surface area (Å²) < 4.78 is 47.0. The maximum atomic E-state index is 14.4. The van der Waals surface area contributed by atoms with E-state index in [-0.39, 0.29) is 28.1 Å². The van der Waals surface area contributed by atoms with Crippen molar-refractivity contribution in [2.45, 2.75) is 6.18 Å². The summed E-state index contributed by atoms with van der Waals surface area (Å²) in [5.41, 5.74) is 6.65.